The first-order valence-corrected chi connectivity index (χ1v) is 10.1. The topological polar surface area (TPSA) is 32.1 Å². The van der Waals surface area contributed by atoms with E-state index in [-0.39, 0.29) is 6.07 Å². The average Bonchev–Trinajstić information content (AvgIpc) is 2.67. The number of benzene rings is 2. The Balaban J connectivity index is 1.93. The van der Waals surface area contributed by atoms with Gasteiger partial charge in [0.2, 0.25) is 0 Å². The zero-order valence-corrected chi connectivity index (χ0v) is 17.6. The summed E-state index contributed by atoms with van der Waals surface area (Å²) in [5, 5.41) is 0. The van der Waals surface area contributed by atoms with Gasteiger partial charge in [0, 0.05) is 18.4 Å². The van der Waals surface area contributed by atoms with Crippen LogP contribution in [0.3, 0.4) is 0 Å². The van der Waals surface area contributed by atoms with Crippen LogP contribution >= 0.6 is 0 Å². The van der Waals surface area contributed by atoms with Crippen molar-refractivity contribution in [2.45, 2.75) is 51.9 Å². The van der Waals surface area contributed by atoms with Crippen molar-refractivity contribution in [3.63, 3.8) is 0 Å². The van der Waals surface area contributed by atoms with Gasteiger partial charge in [0.25, 0.3) is 0 Å². The van der Waals surface area contributed by atoms with Crippen LogP contribution < -0.4 is 5.43 Å². The molecule has 0 aromatic heterocycles. The van der Waals surface area contributed by atoms with Gasteiger partial charge in [-0.3, -0.25) is 4.79 Å². The first-order chi connectivity index (χ1) is 14.8. The Morgan fingerprint density at radius 2 is 1.44 bits per heavy atom. The molecule has 1 N–H and O–H groups in total. The fourth-order valence-corrected chi connectivity index (χ4v) is 3.89. The highest BCUT2D eigenvalue weighted by atomic mass is 19.4. The van der Waals surface area contributed by atoms with Crippen molar-refractivity contribution in [1.29, 1.82) is 0 Å². The molecule has 32 heavy (non-hydrogen) atoms. The second kappa shape index (κ2) is 8.96. The predicted molar refractivity (Wildman–Crippen MR) is 108 cm³/mol. The standard InChI is InChI=1S/C23H22F6N2O/c1-14-7-15(2)9-16(8-14)10-20-5-3-4-6-31(20)30-21(32)17-11-18(22(24,25)26)13-19(12-17)23(27,28)29/h7-9,11-13H,3-6,10H2,1-2H3/p+1. The quantitative estimate of drug-likeness (QED) is 0.452. The van der Waals surface area contributed by atoms with Gasteiger partial charge in [-0.2, -0.15) is 26.3 Å². The summed E-state index contributed by atoms with van der Waals surface area (Å²) in [6.45, 7) is 4.36. The van der Waals surface area contributed by atoms with Gasteiger partial charge < -0.3 is 0 Å². The maximum atomic E-state index is 13.1. The van der Waals surface area contributed by atoms with E-state index in [9.17, 15) is 31.1 Å². The number of carbonyl (C=O) groups is 1. The monoisotopic (exact) mass is 457 g/mol. The molecule has 1 heterocycles. The zero-order valence-electron chi connectivity index (χ0n) is 17.6. The number of halogens is 6. The van der Waals surface area contributed by atoms with E-state index in [2.05, 4.69) is 5.43 Å². The van der Waals surface area contributed by atoms with E-state index < -0.39 is 35.0 Å². The lowest BCUT2D eigenvalue weighted by atomic mass is 9.98. The Hall–Kier alpha value is -2.84. The Morgan fingerprint density at radius 3 is 1.97 bits per heavy atom. The molecule has 0 radical (unpaired) electrons. The molecule has 0 fully saturated rings. The third kappa shape index (κ3) is 5.89. The molecule has 0 spiro atoms. The maximum absolute atomic E-state index is 13.1. The maximum Gasteiger partial charge on any atom is 0.416 e. The number of nitrogens with one attached hydrogen (secondary N) is 1. The van der Waals surface area contributed by atoms with Gasteiger partial charge in [-0.05, 0) is 44.0 Å². The fourth-order valence-electron chi connectivity index (χ4n) is 3.89. The van der Waals surface area contributed by atoms with Crippen LogP contribution in [-0.4, -0.2) is 22.8 Å². The molecule has 0 saturated carbocycles. The number of aryl methyl sites for hydroxylation is 2. The molecule has 1 aliphatic heterocycles. The van der Waals surface area contributed by atoms with E-state index >= 15 is 0 Å². The van der Waals surface area contributed by atoms with E-state index in [1.54, 1.807) is 4.68 Å². The molecule has 3 rings (SSSR count). The van der Waals surface area contributed by atoms with Gasteiger partial charge in [0.15, 0.2) is 12.3 Å². The molecule has 172 valence electrons. The highest BCUT2D eigenvalue weighted by Crippen LogP contribution is 2.36. The van der Waals surface area contributed by atoms with Crippen molar-refractivity contribution < 1.29 is 35.8 Å². The van der Waals surface area contributed by atoms with Gasteiger partial charge in [0.1, 0.15) is 0 Å². The first kappa shape index (κ1) is 23.8. The summed E-state index contributed by atoms with van der Waals surface area (Å²) in [7, 11) is 0. The third-order valence-corrected chi connectivity index (χ3v) is 5.25. The Morgan fingerprint density at radius 1 is 0.875 bits per heavy atom. The van der Waals surface area contributed by atoms with E-state index in [0.717, 1.165) is 35.2 Å². The number of hydrazone groups is 1. The second-order valence-electron chi connectivity index (χ2n) is 8.08. The van der Waals surface area contributed by atoms with Crippen LogP contribution in [0, 0.1) is 13.8 Å². The molecule has 0 bridgehead atoms. The molecule has 2 aromatic rings. The number of rotatable bonds is 4. The summed E-state index contributed by atoms with van der Waals surface area (Å²) < 4.78 is 80.2. The lowest BCUT2D eigenvalue weighted by Crippen LogP contribution is -2.42. The van der Waals surface area contributed by atoms with Crippen LogP contribution in [0.25, 0.3) is 0 Å². The lowest BCUT2D eigenvalue weighted by Gasteiger charge is -2.16. The van der Waals surface area contributed by atoms with E-state index in [4.69, 9.17) is 0 Å². The number of amides is 1. The van der Waals surface area contributed by atoms with Gasteiger partial charge >= 0.3 is 18.3 Å². The average molecular weight is 457 g/mol. The molecule has 0 unspecified atom stereocenters. The molecule has 9 heteroatoms. The number of carbonyl (C=O) groups excluding carboxylic acids is 1. The minimum absolute atomic E-state index is 0.00922. The fraction of sp³-hybridized carbons (Fsp3) is 0.391. The molecular formula is C23H23F6N2O+. The van der Waals surface area contributed by atoms with Gasteiger partial charge in [-0.25, -0.2) is 0 Å². The third-order valence-electron chi connectivity index (χ3n) is 5.25. The van der Waals surface area contributed by atoms with E-state index in [1.807, 2.05) is 32.0 Å². The minimum Gasteiger partial charge on any atom is -0.264 e. The van der Waals surface area contributed by atoms with Gasteiger partial charge in [-0.15, -0.1) is 10.1 Å². The van der Waals surface area contributed by atoms with Crippen LogP contribution in [-0.2, 0) is 18.8 Å². The smallest absolute Gasteiger partial charge is 0.264 e. The summed E-state index contributed by atoms with van der Waals surface area (Å²) in [6, 6.07) is 6.94. The van der Waals surface area contributed by atoms with Crippen molar-refractivity contribution in [2.24, 2.45) is 0 Å². The van der Waals surface area contributed by atoms with Crippen LogP contribution in [0.15, 0.2) is 36.4 Å². The molecule has 2 aromatic carbocycles. The second-order valence-corrected chi connectivity index (χ2v) is 8.08. The zero-order chi connectivity index (χ0) is 23.7. The first-order valence-electron chi connectivity index (χ1n) is 10.1. The predicted octanol–water partition coefficient (Wildman–Crippen LogP) is 5.87. The van der Waals surface area contributed by atoms with Crippen molar-refractivity contribution in [2.75, 3.05) is 6.54 Å². The molecule has 1 aliphatic rings. The molecule has 3 nitrogen and oxygen atoms in total. The van der Waals surface area contributed by atoms with Crippen LogP contribution in [0.1, 0.15) is 57.4 Å². The van der Waals surface area contributed by atoms with Crippen molar-refractivity contribution in [3.8, 4) is 0 Å². The highest BCUT2D eigenvalue weighted by molar-refractivity contribution is 5.94. The Bertz CT molecular complexity index is 1000. The van der Waals surface area contributed by atoms with E-state index in [0.29, 0.717) is 31.5 Å². The number of nitrogens with zero attached hydrogens (tertiary/aromatic N) is 1. The SMILES string of the molecule is Cc1cc(C)cc(CC2=[N+](NC(=O)c3cc(C(F)(F)F)cc(C(F)(F)F)c3)CCCC2)c1. The minimum atomic E-state index is -5.01. The normalized spacial score (nSPS) is 15.1. The summed E-state index contributed by atoms with van der Waals surface area (Å²) in [6.07, 6.45) is -7.20. The number of hydrogen-bond donors (Lipinski definition) is 1. The summed E-state index contributed by atoms with van der Waals surface area (Å²) in [5.74, 6) is -1.01. The number of alkyl halides is 6. The summed E-state index contributed by atoms with van der Waals surface area (Å²) in [5.41, 5.74) is 2.83. The van der Waals surface area contributed by atoms with Crippen LogP contribution in [0.4, 0.5) is 26.3 Å². The molecule has 0 atom stereocenters. The van der Waals surface area contributed by atoms with Crippen molar-refractivity contribution in [1.82, 2.24) is 5.43 Å². The van der Waals surface area contributed by atoms with Crippen molar-refractivity contribution in [3.05, 3.63) is 69.8 Å². The van der Waals surface area contributed by atoms with E-state index in [1.165, 1.54) is 0 Å². The summed E-state index contributed by atoms with van der Waals surface area (Å²) >= 11 is 0. The number of hydrazine groups is 1. The van der Waals surface area contributed by atoms with Crippen LogP contribution in [0.2, 0.25) is 0 Å². The van der Waals surface area contributed by atoms with Crippen molar-refractivity contribution >= 4 is 11.6 Å². The van der Waals surface area contributed by atoms with Crippen LogP contribution in [0.5, 0.6) is 0 Å². The molecular weight excluding hydrogens is 434 g/mol. The Labute approximate surface area is 181 Å². The number of hydrogen-bond acceptors (Lipinski definition) is 1. The largest absolute Gasteiger partial charge is 0.416 e. The lowest BCUT2D eigenvalue weighted by molar-refractivity contribution is -0.578. The molecule has 0 saturated heterocycles. The highest BCUT2D eigenvalue weighted by Gasteiger charge is 2.38. The molecule has 1 amide bonds. The summed E-state index contributed by atoms with van der Waals surface area (Å²) in [4.78, 5) is 12.7. The molecule has 0 aliphatic carbocycles. The van der Waals surface area contributed by atoms with Gasteiger partial charge in [-0.1, -0.05) is 29.3 Å². The Kier molecular flexibility index (Phi) is 6.67. The van der Waals surface area contributed by atoms with Gasteiger partial charge in [0.05, 0.1) is 17.5 Å².